The van der Waals surface area contributed by atoms with Crippen LogP contribution < -0.4 is 32.2 Å². The second-order valence-electron chi connectivity index (χ2n) is 25.7. The van der Waals surface area contributed by atoms with Crippen molar-refractivity contribution in [2.24, 2.45) is 11.8 Å². The Morgan fingerprint density at radius 1 is 0.530 bits per heavy atom. The van der Waals surface area contributed by atoms with Gasteiger partial charge >= 0.3 is 0 Å². The van der Waals surface area contributed by atoms with Gasteiger partial charge in [0.1, 0.15) is 71.5 Å². The average molecular weight is 1470 g/mol. The summed E-state index contributed by atoms with van der Waals surface area (Å²) in [5.74, 6) is -11.2. The Kier molecular flexibility index (Phi) is 17.7. The molecule has 3 aromatic heterocycles. The van der Waals surface area contributed by atoms with Crippen molar-refractivity contribution in [1.82, 2.24) is 44.4 Å². The Balaban J connectivity index is 0.000000128. The molecule has 3 aromatic carbocycles. The molecule has 8 atom stereocenters. The van der Waals surface area contributed by atoms with Gasteiger partial charge in [0, 0.05) is 92.8 Å². The van der Waals surface area contributed by atoms with Gasteiger partial charge in [0.2, 0.25) is 16.3 Å². The van der Waals surface area contributed by atoms with Gasteiger partial charge in [0.15, 0.2) is 45.8 Å². The summed E-state index contributed by atoms with van der Waals surface area (Å²) >= 11 is 18.3. The lowest BCUT2D eigenvalue weighted by Crippen LogP contribution is -2.65. The van der Waals surface area contributed by atoms with Crippen molar-refractivity contribution in [3.05, 3.63) is 186 Å². The fraction of sp³-hybridized carbons (Fsp3) is 0.409. The van der Waals surface area contributed by atoms with Gasteiger partial charge in [0.25, 0.3) is 35.4 Å². The minimum absolute atomic E-state index is 0.0710. The van der Waals surface area contributed by atoms with E-state index < -0.39 is 146 Å². The molecule has 0 radical (unpaired) electrons. The summed E-state index contributed by atoms with van der Waals surface area (Å²) in [6.45, 7) is 1.78. The monoisotopic (exact) mass is 1470 g/mol. The van der Waals surface area contributed by atoms with Crippen molar-refractivity contribution in [2.75, 3.05) is 51.8 Å². The molecule has 7 aliphatic heterocycles. The number of pyridine rings is 3. The molecule has 34 heteroatoms. The lowest BCUT2D eigenvalue weighted by Gasteiger charge is -2.53. The van der Waals surface area contributed by atoms with Crippen LogP contribution in [-0.2, 0) is 33.8 Å². The summed E-state index contributed by atoms with van der Waals surface area (Å²) in [6.07, 6.45) is 9.61. The number of hydrogen-bond acceptors (Lipinski definition) is 16. The molecule has 6 aromatic rings. The van der Waals surface area contributed by atoms with Gasteiger partial charge in [-0.2, -0.15) is 0 Å². The molecule has 526 valence electrons. The highest BCUT2D eigenvalue weighted by Gasteiger charge is 2.71. The van der Waals surface area contributed by atoms with E-state index in [1.807, 2.05) is 0 Å². The minimum atomic E-state index is -1.02. The number of aromatic nitrogens is 3. The zero-order valence-corrected chi connectivity index (χ0v) is 55.3. The van der Waals surface area contributed by atoms with Crippen molar-refractivity contribution in [2.45, 2.75) is 105 Å². The second-order valence-corrected chi connectivity index (χ2v) is 28.2. The quantitative estimate of drug-likeness (QED) is 0.0601. The Hall–Kier alpha value is -8.59. The van der Waals surface area contributed by atoms with Gasteiger partial charge in [0.05, 0.1) is 37.9 Å². The number of fused-ring (bicyclic) bond motifs is 7. The fourth-order valence-corrected chi connectivity index (χ4v) is 17.8. The van der Waals surface area contributed by atoms with Gasteiger partial charge in [-0.1, -0.05) is 59.4 Å². The first kappa shape index (κ1) is 68.5. The predicted octanol–water partition coefficient (Wildman–Crippen LogP) is 7.56. The summed E-state index contributed by atoms with van der Waals surface area (Å²) in [4.78, 5) is 121. The summed E-state index contributed by atoms with van der Waals surface area (Å²) in [5.41, 5.74) is -6.58. The number of thioether (sulfide) groups is 1. The molecule has 16 rings (SSSR count). The third-order valence-electron chi connectivity index (χ3n) is 20.5. The van der Waals surface area contributed by atoms with Gasteiger partial charge in [-0.15, -0.1) is 11.8 Å². The highest BCUT2D eigenvalue weighted by atomic mass is 35.5. The van der Waals surface area contributed by atoms with E-state index >= 15 is 0 Å². The van der Waals surface area contributed by atoms with Crippen LogP contribution in [0.15, 0.2) is 69.4 Å². The maximum absolute atomic E-state index is 14.2. The van der Waals surface area contributed by atoms with Crippen molar-refractivity contribution in [3.63, 3.8) is 0 Å². The first-order valence-electron chi connectivity index (χ1n) is 31.9. The number of ether oxygens (including phenoxy) is 3. The fourth-order valence-electron chi connectivity index (χ4n) is 15.7. The van der Waals surface area contributed by atoms with Gasteiger partial charge in [-0.3, -0.25) is 43.2 Å². The van der Waals surface area contributed by atoms with Crippen molar-refractivity contribution < 1.29 is 84.6 Å². The van der Waals surface area contributed by atoms with Gasteiger partial charge < -0.3 is 73.9 Å². The molecule has 10 aliphatic rings. The largest absolute Gasteiger partial charge is 0.503 e. The Morgan fingerprint density at radius 2 is 1.00 bits per heavy atom. The maximum atomic E-state index is 14.2. The molecule has 3 spiro atoms. The number of aromatic hydroxyl groups is 3. The Morgan fingerprint density at radius 3 is 1.51 bits per heavy atom. The molecule has 100 heavy (non-hydrogen) atoms. The average Bonchev–Trinajstić information content (AvgIpc) is 1.49. The number of halogens is 9. The van der Waals surface area contributed by atoms with Crippen LogP contribution in [0.2, 0.25) is 15.1 Å². The van der Waals surface area contributed by atoms with Crippen LogP contribution in [-0.4, -0.2) is 147 Å². The molecular formula is C66H58Cl3F6N9O15S. The number of nitrogens with one attached hydrogen (secondary N) is 3. The number of benzene rings is 3. The van der Waals surface area contributed by atoms with E-state index in [-0.39, 0.29) is 83.0 Å². The number of hydrogen-bond donors (Lipinski definition) is 6. The van der Waals surface area contributed by atoms with Crippen LogP contribution in [0, 0.1) is 46.7 Å². The molecule has 4 saturated heterocycles. The minimum Gasteiger partial charge on any atom is -0.503 e. The van der Waals surface area contributed by atoms with E-state index in [0.717, 1.165) is 55.7 Å². The van der Waals surface area contributed by atoms with Gasteiger partial charge in [-0.05, 0) is 69.1 Å². The highest BCUT2D eigenvalue weighted by molar-refractivity contribution is 8.01. The van der Waals surface area contributed by atoms with E-state index in [9.17, 15) is 84.8 Å². The number of amides is 6. The second kappa shape index (κ2) is 25.8. The summed E-state index contributed by atoms with van der Waals surface area (Å²) < 4.78 is 105. The molecule has 3 aliphatic carbocycles. The van der Waals surface area contributed by atoms with Crippen molar-refractivity contribution >= 4 is 82.0 Å². The maximum Gasteiger partial charge on any atom is 0.276 e. The number of rotatable bonds is 9. The normalized spacial score (nSPS) is 25.4. The van der Waals surface area contributed by atoms with E-state index in [0.29, 0.717) is 89.8 Å². The topological polar surface area (TPSA) is 303 Å². The Labute approximate surface area is 580 Å². The number of carbonyl (C=O) groups excluding carboxylic acids is 6. The SMILES string of the molecule is O=C(NCc1ccc(F)c(Cl)c1F)c1cn2c(c(O)c1=O)C(=O)N1CCCO[C@@]13[C@H]1C[C@H]1C[C@@H]23.O=C(NCc1ccc(F)c(Cl)c1F)c1cn2c(c(O)c1=O)C(=O)N1CCO[C@@]13CCCC[C@@H]23.O=C(NCc1ccc(F)c(Cl)c1F)c1cn2c(c(O)c1=O)C(=O)N1CCS[C@@]13COCC[C@@H]23. The molecule has 6 N–H and O–H groups in total. The number of nitrogens with zero attached hydrogens (tertiary/aromatic N) is 6. The molecular weight excluding hydrogens is 1410 g/mol. The molecule has 0 bridgehead atoms. The predicted molar refractivity (Wildman–Crippen MR) is 342 cm³/mol. The summed E-state index contributed by atoms with van der Waals surface area (Å²) in [7, 11) is 0. The van der Waals surface area contributed by atoms with E-state index in [2.05, 4.69) is 16.0 Å². The smallest absolute Gasteiger partial charge is 0.276 e. The van der Waals surface area contributed by atoms with Crippen LogP contribution in [0.5, 0.6) is 17.2 Å². The molecule has 3 saturated carbocycles. The Bertz CT molecular complexity index is 4570. The molecule has 0 unspecified atom stereocenters. The lowest BCUT2D eigenvalue weighted by molar-refractivity contribution is -0.202. The highest BCUT2D eigenvalue weighted by Crippen LogP contribution is 2.67. The van der Waals surface area contributed by atoms with E-state index in [4.69, 9.17) is 49.0 Å². The van der Waals surface area contributed by atoms with Crippen LogP contribution in [0.3, 0.4) is 0 Å². The van der Waals surface area contributed by atoms with E-state index in [1.54, 1.807) is 26.5 Å². The zero-order valence-electron chi connectivity index (χ0n) is 52.3. The molecule has 10 heterocycles. The molecule has 7 fully saturated rings. The van der Waals surface area contributed by atoms with Crippen molar-refractivity contribution in [1.29, 1.82) is 0 Å². The summed E-state index contributed by atoms with van der Waals surface area (Å²) in [6, 6.07) is 5.28. The number of carbonyl (C=O) groups is 6. The standard InChI is InChI=1S/C23H20ClF2N3O5.C22H20ClF2N3O5.C21H18ClF2N3O5S/c24-16-14(25)3-2-10(17(16)26)8-27-21(32)12-9-28-15-7-11-6-13(11)23(15)29(4-1-5-34-23)22(33)18(28)20(31)19(12)30;23-15-13(24)5-4-11(16(15)25)9-26-20(31)12-10-27-14-3-1-2-6-22(14)28(7-8-33-22)21(32)17(27)19(30)18(12)29;22-14-12(23)2-1-10(15(14)24)7-25-19(30)11-8-26-13-3-5-32-9-21(13)27(4-6-33-21)20(31)16(26)18(29)17(11)28/h2-3,9,11,13,15,31H,1,4-8H2,(H,27,32);4-5,10,14,30H,1-3,6-9H2,(H,26,31);1-2,8,13,29H,3-7,9H2,(H,25,30)/t11-,13-,15+,23+;14-,22-;13-,21-/m011/s1. The zero-order chi connectivity index (χ0) is 70.9. The third kappa shape index (κ3) is 10.7. The molecule has 6 amide bonds. The first-order valence-corrected chi connectivity index (χ1v) is 34.0. The first-order chi connectivity index (χ1) is 47.8. The van der Waals surface area contributed by atoms with Crippen molar-refractivity contribution in [3.8, 4) is 17.2 Å². The van der Waals surface area contributed by atoms with Gasteiger partial charge in [-0.25, -0.2) is 26.3 Å². The molecule has 24 nitrogen and oxygen atoms in total. The van der Waals surface area contributed by atoms with Crippen LogP contribution in [0.1, 0.15) is 149 Å². The van der Waals surface area contributed by atoms with Crippen LogP contribution in [0.25, 0.3) is 0 Å². The third-order valence-corrected chi connectivity index (χ3v) is 23.1. The lowest BCUT2D eigenvalue weighted by atomic mass is 9.83. The van der Waals surface area contributed by atoms with E-state index in [1.165, 1.54) is 32.3 Å². The van der Waals surface area contributed by atoms with Crippen LogP contribution in [0.4, 0.5) is 26.3 Å². The van der Waals surface area contributed by atoms with Crippen LogP contribution >= 0.6 is 46.6 Å². The summed E-state index contributed by atoms with van der Waals surface area (Å²) in [5, 5.41) is 37.1.